The average Bonchev–Trinajstić information content (AvgIpc) is 3.31. The third-order valence-corrected chi connectivity index (χ3v) is 5.08. The van der Waals surface area contributed by atoms with Crippen molar-refractivity contribution in [1.82, 2.24) is 10.6 Å². The number of hydrogen-bond donors (Lipinski definition) is 2. The fraction of sp³-hybridized carbons (Fsp3) is 0.500. The second-order valence-corrected chi connectivity index (χ2v) is 6.97. The summed E-state index contributed by atoms with van der Waals surface area (Å²) in [4.78, 5) is 6.14. The first-order valence-electron chi connectivity index (χ1n) is 8.50. The molecule has 0 atom stereocenters. The monoisotopic (exact) mass is 331 g/mol. The molecule has 1 saturated carbocycles. The van der Waals surface area contributed by atoms with Crippen molar-refractivity contribution in [3.05, 3.63) is 46.5 Å². The zero-order chi connectivity index (χ0) is 15.7. The largest absolute Gasteiger partial charge is 0.469 e. The fourth-order valence-corrected chi connectivity index (χ4v) is 3.61. The highest BCUT2D eigenvalue weighted by atomic mass is 32.1. The van der Waals surface area contributed by atoms with E-state index in [9.17, 15) is 0 Å². The molecule has 0 radical (unpaired) electrons. The van der Waals surface area contributed by atoms with Gasteiger partial charge in [-0.3, -0.25) is 4.99 Å². The van der Waals surface area contributed by atoms with Crippen LogP contribution in [0.15, 0.2) is 45.3 Å². The lowest BCUT2D eigenvalue weighted by atomic mass is 10.2. The summed E-state index contributed by atoms with van der Waals surface area (Å²) in [6.07, 6.45) is 8.77. The number of thiophene rings is 1. The lowest BCUT2D eigenvalue weighted by Gasteiger charge is -2.17. The van der Waals surface area contributed by atoms with E-state index in [2.05, 4.69) is 28.1 Å². The number of nitrogens with zero attached hydrogens (tertiary/aromatic N) is 1. The summed E-state index contributed by atoms with van der Waals surface area (Å²) in [7, 11) is 0. The van der Waals surface area contributed by atoms with Gasteiger partial charge in [0.1, 0.15) is 5.76 Å². The molecular weight excluding hydrogens is 306 g/mol. The Balaban J connectivity index is 1.49. The van der Waals surface area contributed by atoms with Crippen LogP contribution >= 0.6 is 11.3 Å². The van der Waals surface area contributed by atoms with E-state index in [1.807, 2.05) is 12.1 Å². The van der Waals surface area contributed by atoms with Gasteiger partial charge in [0.25, 0.3) is 0 Å². The third kappa shape index (κ3) is 5.43. The Hall–Kier alpha value is -1.75. The molecule has 2 heterocycles. The van der Waals surface area contributed by atoms with Gasteiger partial charge < -0.3 is 15.1 Å². The molecule has 0 amide bonds. The Labute approximate surface area is 142 Å². The van der Waals surface area contributed by atoms with Gasteiger partial charge in [-0.05, 0) is 36.4 Å². The van der Waals surface area contributed by atoms with E-state index in [0.29, 0.717) is 6.04 Å². The molecule has 1 fully saturated rings. The molecule has 4 nitrogen and oxygen atoms in total. The Morgan fingerprint density at radius 3 is 2.87 bits per heavy atom. The zero-order valence-electron chi connectivity index (χ0n) is 13.5. The molecule has 0 unspecified atom stereocenters. The molecule has 0 bridgehead atoms. The van der Waals surface area contributed by atoms with Crippen molar-refractivity contribution in [2.24, 2.45) is 4.99 Å². The van der Waals surface area contributed by atoms with Crippen LogP contribution < -0.4 is 10.6 Å². The minimum Gasteiger partial charge on any atom is -0.469 e. The summed E-state index contributed by atoms with van der Waals surface area (Å²) in [5, 5.41) is 9.16. The number of guanidine groups is 1. The Bertz CT molecular complexity index is 571. The number of hydrogen-bond acceptors (Lipinski definition) is 3. The van der Waals surface area contributed by atoms with E-state index in [4.69, 9.17) is 9.41 Å². The molecule has 0 saturated heterocycles. The van der Waals surface area contributed by atoms with E-state index in [1.54, 1.807) is 17.6 Å². The predicted molar refractivity (Wildman–Crippen MR) is 96.1 cm³/mol. The standard InChI is InChI=1S/C18H25N3OS/c1-2-6-15(5-1)21-18(19-11-9-16-7-3-13-22-16)20-12-10-17-8-4-14-23-17/h3-4,7-8,13-15H,1-2,5-6,9-12H2,(H2,19,20,21). The van der Waals surface area contributed by atoms with Gasteiger partial charge in [0.15, 0.2) is 5.96 Å². The SMILES string of the molecule is c1coc(CCNC(=NCCc2cccs2)NC2CCCC2)c1. The van der Waals surface area contributed by atoms with Crippen LogP contribution in [0.3, 0.4) is 0 Å². The fourth-order valence-electron chi connectivity index (χ4n) is 2.91. The maximum atomic E-state index is 5.38. The molecule has 1 aliphatic carbocycles. The topological polar surface area (TPSA) is 49.6 Å². The normalized spacial score (nSPS) is 15.9. The van der Waals surface area contributed by atoms with Crippen molar-refractivity contribution < 1.29 is 4.42 Å². The molecule has 3 rings (SSSR count). The minimum absolute atomic E-state index is 0.576. The first kappa shape index (κ1) is 16.1. The Kier molecular flexibility index (Phi) is 6.15. The van der Waals surface area contributed by atoms with Crippen molar-refractivity contribution >= 4 is 17.3 Å². The summed E-state index contributed by atoms with van der Waals surface area (Å²) < 4.78 is 5.38. The molecular formula is C18H25N3OS. The molecule has 5 heteroatoms. The van der Waals surface area contributed by atoms with Crippen LogP contribution in [0.25, 0.3) is 0 Å². The summed E-state index contributed by atoms with van der Waals surface area (Å²) in [5.41, 5.74) is 0. The lowest BCUT2D eigenvalue weighted by molar-refractivity contribution is 0.506. The van der Waals surface area contributed by atoms with Crippen LogP contribution in [-0.4, -0.2) is 25.1 Å². The molecule has 2 aromatic heterocycles. The van der Waals surface area contributed by atoms with Crippen LogP contribution in [0.2, 0.25) is 0 Å². The second-order valence-electron chi connectivity index (χ2n) is 5.94. The summed E-state index contributed by atoms with van der Waals surface area (Å²) in [5.74, 6) is 1.95. The first-order valence-corrected chi connectivity index (χ1v) is 9.38. The highest BCUT2D eigenvalue weighted by molar-refractivity contribution is 7.09. The number of nitrogens with one attached hydrogen (secondary N) is 2. The molecule has 124 valence electrons. The molecule has 23 heavy (non-hydrogen) atoms. The van der Waals surface area contributed by atoms with Crippen LogP contribution in [0.4, 0.5) is 0 Å². The maximum absolute atomic E-state index is 5.38. The summed E-state index contributed by atoms with van der Waals surface area (Å²) >= 11 is 1.80. The van der Waals surface area contributed by atoms with Crippen molar-refractivity contribution in [2.75, 3.05) is 13.1 Å². The maximum Gasteiger partial charge on any atom is 0.191 e. The van der Waals surface area contributed by atoms with Crippen molar-refractivity contribution in [3.8, 4) is 0 Å². The Morgan fingerprint density at radius 1 is 1.22 bits per heavy atom. The molecule has 1 aliphatic rings. The van der Waals surface area contributed by atoms with Gasteiger partial charge in [0.2, 0.25) is 0 Å². The second kappa shape index (κ2) is 8.77. The van der Waals surface area contributed by atoms with Gasteiger partial charge in [-0.15, -0.1) is 11.3 Å². The van der Waals surface area contributed by atoms with Crippen LogP contribution in [0.1, 0.15) is 36.3 Å². The van der Waals surface area contributed by atoms with Gasteiger partial charge in [-0.2, -0.15) is 0 Å². The van der Waals surface area contributed by atoms with Gasteiger partial charge in [-0.1, -0.05) is 18.9 Å². The van der Waals surface area contributed by atoms with Crippen molar-refractivity contribution in [3.63, 3.8) is 0 Å². The average molecular weight is 331 g/mol. The van der Waals surface area contributed by atoms with Gasteiger partial charge in [0.05, 0.1) is 6.26 Å². The predicted octanol–water partition coefficient (Wildman–Crippen LogP) is 3.60. The van der Waals surface area contributed by atoms with Gasteiger partial charge >= 0.3 is 0 Å². The highest BCUT2D eigenvalue weighted by Crippen LogP contribution is 2.17. The Morgan fingerprint density at radius 2 is 2.13 bits per heavy atom. The molecule has 0 spiro atoms. The number of furan rings is 1. The van der Waals surface area contributed by atoms with Crippen LogP contribution in [0, 0.1) is 0 Å². The number of rotatable bonds is 7. The molecule has 2 aromatic rings. The van der Waals surface area contributed by atoms with E-state index in [-0.39, 0.29) is 0 Å². The first-order chi connectivity index (χ1) is 11.4. The van der Waals surface area contributed by atoms with E-state index >= 15 is 0 Å². The van der Waals surface area contributed by atoms with E-state index in [1.165, 1.54) is 30.6 Å². The number of aliphatic imine (C=N–C) groups is 1. The molecule has 0 aliphatic heterocycles. The van der Waals surface area contributed by atoms with Crippen LogP contribution in [-0.2, 0) is 12.8 Å². The smallest absolute Gasteiger partial charge is 0.191 e. The molecule has 2 N–H and O–H groups in total. The minimum atomic E-state index is 0.576. The van der Waals surface area contributed by atoms with E-state index in [0.717, 1.165) is 37.7 Å². The van der Waals surface area contributed by atoms with Gasteiger partial charge in [-0.25, -0.2) is 0 Å². The van der Waals surface area contributed by atoms with Gasteiger partial charge in [0, 0.05) is 36.9 Å². The quantitative estimate of drug-likeness (QED) is 0.602. The highest BCUT2D eigenvalue weighted by Gasteiger charge is 2.16. The summed E-state index contributed by atoms with van der Waals surface area (Å²) in [6, 6.07) is 8.80. The van der Waals surface area contributed by atoms with Crippen molar-refractivity contribution in [1.29, 1.82) is 0 Å². The van der Waals surface area contributed by atoms with Crippen molar-refractivity contribution in [2.45, 2.75) is 44.6 Å². The molecule has 0 aromatic carbocycles. The lowest BCUT2D eigenvalue weighted by Crippen LogP contribution is -2.43. The third-order valence-electron chi connectivity index (χ3n) is 4.15. The van der Waals surface area contributed by atoms with Crippen LogP contribution in [0.5, 0.6) is 0 Å². The summed E-state index contributed by atoms with van der Waals surface area (Å²) in [6.45, 7) is 1.66. The van der Waals surface area contributed by atoms with E-state index < -0.39 is 0 Å². The zero-order valence-corrected chi connectivity index (χ0v) is 14.3.